The van der Waals surface area contributed by atoms with Gasteiger partial charge in [0, 0.05) is 24.0 Å². The van der Waals surface area contributed by atoms with Crippen LogP contribution in [0.3, 0.4) is 0 Å². The van der Waals surface area contributed by atoms with Gasteiger partial charge < -0.3 is 4.90 Å². The van der Waals surface area contributed by atoms with Crippen molar-refractivity contribution in [2.45, 2.75) is 0 Å². The van der Waals surface area contributed by atoms with Crippen LogP contribution in [0.4, 0.5) is 16.2 Å². The SMILES string of the molecule is O=C(c1cc(-c2ccncc2)n(-c2ccccc2)n1)N1CC[N+]2(CC1)C(=O)Nc1ccccc12. The molecule has 0 aliphatic carbocycles. The van der Waals surface area contributed by atoms with E-state index in [1.807, 2.05) is 72.8 Å². The smallest absolute Gasteiger partial charge is 0.326 e. The topological polar surface area (TPSA) is 80.1 Å². The van der Waals surface area contributed by atoms with Crippen LogP contribution in [-0.4, -0.2) is 57.8 Å². The fourth-order valence-corrected chi connectivity index (χ4v) is 4.88. The van der Waals surface area contributed by atoms with Crippen LogP contribution in [-0.2, 0) is 0 Å². The minimum absolute atomic E-state index is 0.0263. The standard InChI is InChI=1S/C26H22N6O2/c33-25(30-14-16-32(17-15-30)24-9-5-4-8-21(24)28-26(32)34)22-18-23(19-10-12-27-13-11-19)31(29-22)20-6-2-1-3-7-20/h1-13,18H,14-17H2/p+1. The molecule has 0 radical (unpaired) electrons. The van der Waals surface area contributed by atoms with Gasteiger partial charge in [-0.2, -0.15) is 5.10 Å². The van der Waals surface area contributed by atoms with E-state index in [2.05, 4.69) is 10.3 Å². The van der Waals surface area contributed by atoms with Gasteiger partial charge in [-0.25, -0.2) is 14.0 Å². The van der Waals surface area contributed by atoms with Crippen molar-refractivity contribution in [3.05, 3.63) is 90.9 Å². The molecule has 0 unspecified atom stereocenters. The number of para-hydroxylation sites is 3. The highest BCUT2D eigenvalue weighted by molar-refractivity contribution is 6.08. The van der Waals surface area contributed by atoms with Crippen molar-refractivity contribution in [3.63, 3.8) is 0 Å². The Labute approximate surface area is 196 Å². The molecule has 168 valence electrons. The number of pyridine rings is 1. The maximum absolute atomic E-state index is 13.5. The van der Waals surface area contributed by atoms with Crippen molar-refractivity contribution < 1.29 is 9.59 Å². The highest BCUT2D eigenvalue weighted by Gasteiger charge is 2.49. The molecule has 3 amide bonds. The molecule has 6 rings (SSSR count). The predicted molar refractivity (Wildman–Crippen MR) is 130 cm³/mol. The number of benzene rings is 2. The van der Waals surface area contributed by atoms with Gasteiger partial charge in [-0.3, -0.25) is 15.1 Å². The number of quaternary nitrogens is 1. The molecule has 2 aliphatic rings. The first-order valence-electron chi connectivity index (χ1n) is 11.3. The summed E-state index contributed by atoms with van der Waals surface area (Å²) in [4.78, 5) is 32.2. The molecule has 1 saturated heterocycles. The van der Waals surface area contributed by atoms with E-state index in [0.717, 1.165) is 28.3 Å². The molecule has 1 fully saturated rings. The number of carbonyl (C=O) groups excluding carboxylic acids is 2. The van der Waals surface area contributed by atoms with Gasteiger partial charge in [0.15, 0.2) is 11.4 Å². The van der Waals surface area contributed by atoms with E-state index in [4.69, 9.17) is 5.10 Å². The first-order chi connectivity index (χ1) is 16.7. The van der Waals surface area contributed by atoms with E-state index < -0.39 is 0 Å². The third-order valence-electron chi connectivity index (χ3n) is 6.69. The van der Waals surface area contributed by atoms with Crippen LogP contribution >= 0.6 is 0 Å². The molecule has 0 atom stereocenters. The Kier molecular flexibility index (Phi) is 4.74. The summed E-state index contributed by atoms with van der Waals surface area (Å²) in [6.45, 7) is 2.02. The van der Waals surface area contributed by atoms with Crippen LogP contribution in [0.25, 0.3) is 16.9 Å². The summed E-state index contributed by atoms with van der Waals surface area (Å²) in [6.07, 6.45) is 3.46. The van der Waals surface area contributed by atoms with Gasteiger partial charge >= 0.3 is 6.03 Å². The maximum atomic E-state index is 13.5. The number of piperazine rings is 1. The number of urea groups is 1. The number of carbonyl (C=O) groups is 2. The van der Waals surface area contributed by atoms with Crippen molar-refractivity contribution >= 4 is 23.3 Å². The average Bonchev–Trinajstić information content (AvgIpc) is 3.45. The monoisotopic (exact) mass is 451 g/mol. The lowest BCUT2D eigenvalue weighted by Crippen LogP contribution is -2.63. The summed E-state index contributed by atoms with van der Waals surface area (Å²) < 4.78 is 2.03. The van der Waals surface area contributed by atoms with Crippen molar-refractivity contribution in [1.29, 1.82) is 0 Å². The van der Waals surface area contributed by atoms with E-state index >= 15 is 0 Å². The van der Waals surface area contributed by atoms with Gasteiger partial charge in [-0.15, -0.1) is 0 Å². The molecule has 4 aromatic rings. The van der Waals surface area contributed by atoms with E-state index in [9.17, 15) is 9.59 Å². The normalized spacial score (nSPS) is 16.4. The summed E-state index contributed by atoms with van der Waals surface area (Å²) in [5.41, 5.74) is 4.85. The summed E-state index contributed by atoms with van der Waals surface area (Å²) >= 11 is 0. The Balaban J connectivity index is 1.29. The molecule has 8 heteroatoms. The average molecular weight is 452 g/mol. The van der Waals surface area contributed by atoms with E-state index in [1.165, 1.54) is 0 Å². The lowest BCUT2D eigenvalue weighted by molar-refractivity contribution is 0.0672. The zero-order valence-electron chi connectivity index (χ0n) is 18.5. The number of nitrogens with zero attached hydrogens (tertiary/aromatic N) is 5. The van der Waals surface area contributed by atoms with Gasteiger partial charge in [-0.05, 0) is 36.4 Å². The van der Waals surface area contributed by atoms with E-state index in [1.54, 1.807) is 22.0 Å². The van der Waals surface area contributed by atoms with Crippen LogP contribution in [0.15, 0.2) is 85.2 Å². The van der Waals surface area contributed by atoms with Crippen molar-refractivity contribution in [1.82, 2.24) is 24.1 Å². The minimum Gasteiger partial charge on any atom is -0.326 e. The second-order valence-corrected chi connectivity index (χ2v) is 8.55. The van der Waals surface area contributed by atoms with Gasteiger partial charge in [0.1, 0.15) is 18.8 Å². The summed E-state index contributed by atoms with van der Waals surface area (Å²) in [5.74, 6) is -0.129. The number of nitrogens with one attached hydrogen (secondary N) is 1. The molecule has 4 heterocycles. The molecule has 34 heavy (non-hydrogen) atoms. The van der Waals surface area contributed by atoms with Gasteiger partial charge in [0.25, 0.3) is 5.91 Å². The van der Waals surface area contributed by atoms with Crippen LogP contribution < -0.4 is 9.80 Å². The lowest BCUT2D eigenvalue weighted by Gasteiger charge is -2.38. The Morgan fingerprint density at radius 3 is 2.38 bits per heavy atom. The first kappa shape index (κ1) is 20.3. The van der Waals surface area contributed by atoms with Gasteiger partial charge in [0.2, 0.25) is 0 Å². The largest absolute Gasteiger partial charge is 0.426 e. The number of fused-ring (bicyclic) bond motifs is 2. The van der Waals surface area contributed by atoms with E-state index in [-0.39, 0.29) is 16.4 Å². The molecule has 0 bridgehead atoms. The Morgan fingerprint density at radius 2 is 1.62 bits per heavy atom. The van der Waals surface area contributed by atoms with Crippen molar-refractivity contribution in [2.75, 3.05) is 31.5 Å². The van der Waals surface area contributed by atoms with Crippen LogP contribution in [0.1, 0.15) is 10.5 Å². The number of anilines is 1. The summed E-state index contributed by atoms with van der Waals surface area (Å²) in [7, 11) is 0. The third-order valence-corrected chi connectivity index (χ3v) is 6.69. The summed E-state index contributed by atoms with van der Waals surface area (Å²) in [5, 5.41) is 7.68. The van der Waals surface area contributed by atoms with Crippen LogP contribution in [0, 0.1) is 0 Å². The third kappa shape index (κ3) is 3.19. The van der Waals surface area contributed by atoms with Crippen LogP contribution in [0.2, 0.25) is 0 Å². The van der Waals surface area contributed by atoms with Crippen molar-refractivity contribution in [2.24, 2.45) is 0 Å². The van der Waals surface area contributed by atoms with Gasteiger partial charge in [-0.1, -0.05) is 30.3 Å². The highest BCUT2D eigenvalue weighted by Crippen LogP contribution is 2.39. The molecule has 1 spiro atoms. The number of rotatable bonds is 3. The quantitative estimate of drug-likeness (QED) is 0.479. The fraction of sp³-hybridized carbons (Fsp3) is 0.154. The van der Waals surface area contributed by atoms with Crippen LogP contribution in [0.5, 0.6) is 0 Å². The second-order valence-electron chi connectivity index (χ2n) is 8.55. The molecule has 8 nitrogen and oxygen atoms in total. The minimum atomic E-state index is -0.129. The molecular weight excluding hydrogens is 428 g/mol. The zero-order chi connectivity index (χ0) is 23.1. The number of aromatic nitrogens is 3. The number of amides is 3. The Morgan fingerprint density at radius 1 is 0.912 bits per heavy atom. The fourth-order valence-electron chi connectivity index (χ4n) is 4.88. The molecule has 0 saturated carbocycles. The highest BCUT2D eigenvalue weighted by atomic mass is 16.2. The molecule has 2 aromatic carbocycles. The lowest BCUT2D eigenvalue weighted by atomic mass is 10.1. The Bertz CT molecular complexity index is 1320. The Hall–Kier alpha value is -4.30. The first-order valence-corrected chi connectivity index (χ1v) is 11.3. The molecule has 2 aromatic heterocycles. The second kappa shape index (κ2) is 7.93. The van der Waals surface area contributed by atoms with E-state index in [0.29, 0.717) is 31.9 Å². The number of hydrogen-bond acceptors (Lipinski definition) is 4. The van der Waals surface area contributed by atoms with Crippen molar-refractivity contribution in [3.8, 4) is 16.9 Å². The predicted octanol–water partition coefficient (Wildman–Crippen LogP) is 3.94. The number of hydrogen-bond donors (Lipinski definition) is 1. The molecular formula is C26H23N6O2+. The zero-order valence-corrected chi connectivity index (χ0v) is 18.5. The summed E-state index contributed by atoms with van der Waals surface area (Å²) in [6, 6.07) is 23.2. The molecule has 1 N–H and O–H groups in total. The van der Waals surface area contributed by atoms with Gasteiger partial charge in [0.05, 0.1) is 24.5 Å². The maximum Gasteiger partial charge on any atom is 0.426 e. The molecule has 2 aliphatic heterocycles.